The SMILES string of the molecule is COc1ccc(C)c2sc(NC(=O)c3ccccc3S(C)(=O)=O)nc12. The van der Waals surface area contributed by atoms with Crippen molar-refractivity contribution in [3.63, 3.8) is 0 Å². The number of fused-ring (bicyclic) bond motifs is 1. The van der Waals surface area contributed by atoms with E-state index >= 15 is 0 Å². The molecule has 130 valence electrons. The van der Waals surface area contributed by atoms with Gasteiger partial charge < -0.3 is 4.74 Å². The molecule has 8 heteroatoms. The minimum atomic E-state index is -3.51. The van der Waals surface area contributed by atoms with Gasteiger partial charge in [0.1, 0.15) is 11.3 Å². The molecule has 6 nitrogen and oxygen atoms in total. The second-order valence-corrected chi connectivity index (χ2v) is 8.49. The minimum absolute atomic E-state index is 0.0117. The van der Waals surface area contributed by atoms with Gasteiger partial charge >= 0.3 is 0 Å². The van der Waals surface area contributed by atoms with Crippen LogP contribution in [0.1, 0.15) is 15.9 Å². The monoisotopic (exact) mass is 376 g/mol. The molecule has 0 saturated carbocycles. The quantitative estimate of drug-likeness (QED) is 0.755. The van der Waals surface area contributed by atoms with E-state index in [1.807, 2.05) is 19.1 Å². The second-order valence-electron chi connectivity index (χ2n) is 5.50. The van der Waals surface area contributed by atoms with E-state index in [4.69, 9.17) is 4.74 Å². The number of amides is 1. The van der Waals surface area contributed by atoms with Gasteiger partial charge in [-0.05, 0) is 30.7 Å². The summed E-state index contributed by atoms with van der Waals surface area (Å²) in [5.41, 5.74) is 1.78. The Morgan fingerprint density at radius 2 is 1.92 bits per heavy atom. The fourth-order valence-electron chi connectivity index (χ4n) is 2.47. The lowest BCUT2D eigenvalue weighted by molar-refractivity contribution is 0.102. The molecular weight excluding hydrogens is 360 g/mol. The number of thiazole rings is 1. The number of hydrogen-bond acceptors (Lipinski definition) is 6. The van der Waals surface area contributed by atoms with E-state index < -0.39 is 15.7 Å². The standard InChI is InChI=1S/C17H16N2O4S2/c1-10-8-9-12(23-2)14-15(10)24-17(18-14)19-16(20)11-6-4-5-7-13(11)25(3,21)22/h4-9H,1-3H3,(H,18,19,20). The molecule has 1 N–H and O–H groups in total. The first-order chi connectivity index (χ1) is 11.8. The third kappa shape index (κ3) is 3.35. The normalized spacial score (nSPS) is 11.5. The fourth-order valence-corrected chi connectivity index (χ4v) is 4.30. The Bertz CT molecular complexity index is 1070. The van der Waals surface area contributed by atoms with Crippen LogP contribution in [0, 0.1) is 6.92 Å². The van der Waals surface area contributed by atoms with Crippen LogP contribution in [0.25, 0.3) is 10.2 Å². The van der Waals surface area contributed by atoms with Gasteiger partial charge in [-0.25, -0.2) is 13.4 Å². The van der Waals surface area contributed by atoms with Gasteiger partial charge in [0, 0.05) is 6.26 Å². The van der Waals surface area contributed by atoms with Gasteiger partial charge in [0.25, 0.3) is 5.91 Å². The number of aryl methyl sites for hydroxylation is 1. The zero-order valence-electron chi connectivity index (χ0n) is 13.9. The van der Waals surface area contributed by atoms with Crippen molar-refractivity contribution in [3.8, 4) is 5.75 Å². The Morgan fingerprint density at radius 1 is 1.20 bits per heavy atom. The van der Waals surface area contributed by atoms with Gasteiger partial charge in [-0.1, -0.05) is 29.5 Å². The van der Waals surface area contributed by atoms with Crippen molar-refractivity contribution in [2.24, 2.45) is 0 Å². The first-order valence-corrected chi connectivity index (χ1v) is 10.1. The van der Waals surface area contributed by atoms with Crippen molar-refractivity contribution in [3.05, 3.63) is 47.5 Å². The summed E-state index contributed by atoms with van der Waals surface area (Å²) >= 11 is 1.32. The number of ether oxygens (including phenoxy) is 1. The first-order valence-electron chi connectivity index (χ1n) is 7.36. The number of carbonyl (C=O) groups is 1. The Labute approximate surface area is 149 Å². The summed E-state index contributed by atoms with van der Waals surface area (Å²) in [7, 11) is -1.95. The molecule has 0 bridgehead atoms. The summed E-state index contributed by atoms with van der Waals surface area (Å²) in [6, 6.07) is 9.83. The average molecular weight is 376 g/mol. The highest BCUT2D eigenvalue weighted by molar-refractivity contribution is 7.90. The van der Waals surface area contributed by atoms with Crippen LogP contribution >= 0.6 is 11.3 Å². The number of benzene rings is 2. The maximum Gasteiger partial charge on any atom is 0.258 e. The highest BCUT2D eigenvalue weighted by Crippen LogP contribution is 2.35. The Hall–Kier alpha value is -2.45. The average Bonchev–Trinajstić information content (AvgIpc) is 2.99. The van der Waals surface area contributed by atoms with Gasteiger partial charge in [0.2, 0.25) is 0 Å². The lowest BCUT2D eigenvalue weighted by atomic mass is 10.2. The molecule has 1 heterocycles. The molecule has 1 amide bonds. The van der Waals surface area contributed by atoms with Crippen LogP contribution in [0.4, 0.5) is 5.13 Å². The number of rotatable bonds is 4. The van der Waals surface area contributed by atoms with E-state index in [0.717, 1.165) is 16.5 Å². The van der Waals surface area contributed by atoms with Gasteiger partial charge in [-0.3, -0.25) is 10.1 Å². The van der Waals surface area contributed by atoms with E-state index in [0.29, 0.717) is 16.4 Å². The second kappa shape index (κ2) is 6.45. The zero-order chi connectivity index (χ0) is 18.2. The van der Waals surface area contributed by atoms with E-state index in [-0.39, 0.29) is 10.5 Å². The van der Waals surface area contributed by atoms with Crippen LogP contribution in [0.15, 0.2) is 41.3 Å². The molecule has 0 radical (unpaired) electrons. The molecule has 3 aromatic rings. The summed E-state index contributed by atoms with van der Waals surface area (Å²) in [6.45, 7) is 1.95. The highest BCUT2D eigenvalue weighted by Gasteiger charge is 2.20. The summed E-state index contributed by atoms with van der Waals surface area (Å²) < 4.78 is 29.9. The van der Waals surface area contributed by atoms with E-state index in [1.54, 1.807) is 19.2 Å². The van der Waals surface area contributed by atoms with Gasteiger partial charge in [-0.15, -0.1) is 0 Å². The fraction of sp³-hybridized carbons (Fsp3) is 0.176. The molecule has 0 aliphatic rings. The van der Waals surface area contributed by atoms with Gasteiger partial charge in [0.15, 0.2) is 15.0 Å². The Balaban J connectivity index is 2.00. The minimum Gasteiger partial charge on any atom is -0.494 e. The highest BCUT2D eigenvalue weighted by atomic mass is 32.2. The van der Waals surface area contributed by atoms with Crippen LogP contribution < -0.4 is 10.1 Å². The predicted molar refractivity (Wildman–Crippen MR) is 98.4 cm³/mol. The van der Waals surface area contributed by atoms with Crippen molar-refractivity contribution in [2.45, 2.75) is 11.8 Å². The molecule has 0 atom stereocenters. The van der Waals surface area contributed by atoms with E-state index in [1.165, 1.54) is 23.5 Å². The van der Waals surface area contributed by atoms with Gasteiger partial charge in [-0.2, -0.15) is 0 Å². The summed E-state index contributed by atoms with van der Waals surface area (Å²) in [5.74, 6) is 0.102. The van der Waals surface area contributed by atoms with Crippen LogP contribution in [-0.4, -0.2) is 32.7 Å². The Kier molecular flexibility index (Phi) is 4.49. The van der Waals surface area contributed by atoms with Crippen LogP contribution in [0.3, 0.4) is 0 Å². The van der Waals surface area contributed by atoms with E-state index in [2.05, 4.69) is 10.3 Å². The van der Waals surface area contributed by atoms with Gasteiger partial charge in [0.05, 0.1) is 22.3 Å². The third-order valence-corrected chi connectivity index (χ3v) is 5.94. The van der Waals surface area contributed by atoms with Crippen molar-refractivity contribution in [1.29, 1.82) is 0 Å². The molecular formula is C17H16N2O4S2. The number of nitrogens with zero attached hydrogens (tertiary/aromatic N) is 1. The molecule has 0 aliphatic carbocycles. The molecule has 3 rings (SSSR count). The number of anilines is 1. The smallest absolute Gasteiger partial charge is 0.258 e. The lowest BCUT2D eigenvalue weighted by Crippen LogP contribution is -2.15. The molecule has 0 spiro atoms. The maximum atomic E-state index is 12.6. The summed E-state index contributed by atoms with van der Waals surface area (Å²) in [6.07, 6.45) is 1.07. The predicted octanol–water partition coefficient (Wildman–Crippen LogP) is 3.27. The lowest BCUT2D eigenvalue weighted by Gasteiger charge is -2.06. The topological polar surface area (TPSA) is 85.4 Å². The third-order valence-electron chi connectivity index (χ3n) is 3.67. The molecule has 2 aromatic carbocycles. The van der Waals surface area contributed by atoms with Crippen LogP contribution in [-0.2, 0) is 9.84 Å². The number of sulfone groups is 1. The van der Waals surface area contributed by atoms with Crippen LogP contribution in [0.5, 0.6) is 5.75 Å². The zero-order valence-corrected chi connectivity index (χ0v) is 15.5. The summed E-state index contributed by atoms with van der Waals surface area (Å²) in [5, 5.41) is 3.07. The number of nitrogens with one attached hydrogen (secondary N) is 1. The molecule has 1 aromatic heterocycles. The van der Waals surface area contributed by atoms with Crippen molar-refractivity contribution < 1.29 is 17.9 Å². The molecule has 25 heavy (non-hydrogen) atoms. The van der Waals surface area contributed by atoms with Crippen LogP contribution in [0.2, 0.25) is 0 Å². The number of methoxy groups -OCH3 is 1. The number of carbonyl (C=O) groups excluding carboxylic acids is 1. The Morgan fingerprint density at radius 3 is 2.60 bits per heavy atom. The first kappa shape index (κ1) is 17.4. The van der Waals surface area contributed by atoms with Crippen molar-refractivity contribution in [1.82, 2.24) is 4.98 Å². The van der Waals surface area contributed by atoms with Crippen molar-refractivity contribution in [2.75, 3.05) is 18.7 Å². The number of hydrogen-bond donors (Lipinski definition) is 1. The van der Waals surface area contributed by atoms with E-state index in [9.17, 15) is 13.2 Å². The number of aromatic nitrogens is 1. The summed E-state index contributed by atoms with van der Waals surface area (Å²) in [4.78, 5) is 17.0. The molecule has 0 fully saturated rings. The molecule has 0 unspecified atom stereocenters. The maximum absolute atomic E-state index is 12.6. The molecule has 0 aliphatic heterocycles. The largest absolute Gasteiger partial charge is 0.494 e. The molecule has 0 saturated heterocycles. The van der Waals surface area contributed by atoms with Crippen molar-refractivity contribution >= 4 is 42.4 Å².